The van der Waals surface area contributed by atoms with Crippen LogP contribution in [-0.2, 0) is 0 Å². The maximum absolute atomic E-state index is 13.2. The molecule has 1 unspecified atom stereocenters. The third-order valence-corrected chi connectivity index (χ3v) is 3.38. The first kappa shape index (κ1) is 13.3. The Balaban J connectivity index is 2.92. The van der Waals surface area contributed by atoms with Crippen LogP contribution in [0, 0.1) is 5.82 Å². The van der Waals surface area contributed by atoms with Crippen molar-refractivity contribution < 1.29 is 9.13 Å². The molecule has 1 atom stereocenters. The van der Waals surface area contributed by atoms with Crippen LogP contribution in [0.25, 0.3) is 0 Å². The highest BCUT2D eigenvalue weighted by Gasteiger charge is 2.14. The summed E-state index contributed by atoms with van der Waals surface area (Å²) >= 11 is 1.82. The van der Waals surface area contributed by atoms with Gasteiger partial charge in [-0.3, -0.25) is 0 Å². The van der Waals surface area contributed by atoms with E-state index >= 15 is 0 Å². The smallest absolute Gasteiger partial charge is 0.123 e. The quantitative estimate of drug-likeness (QED) is 0.830. The van der Waals surface area contributed by atoms with Gasteiger partial charge < -0.3 is 10.1 Å². The van der Waals surface area contributed by atoms with Crippen LogP contribution >= 0.6 is 11.8 Å². The molecular formula is C12H18FNOS. The van der Waals surface area contributed by atoms with Gasteiger partial charge in [0.2, 0.25) is 0 Å². The van der Waals surface area contributed by atoms with Crippen molar-refractivity contribution in [2.45, 2.75) is 13.0 Å². The fourth-order valence-electron chi connectivity index (χ4n) is 1.54. The number of thioether (sulfide) groups is 1. The monoisotopic (exact) mass is 243 g/mol. The number of rotatable bonds is 6. The highest BCUT2D eigenvalue weighted by atomic mass is 32.2. The number of benzene rings is 1. The SMILES string of the molecule is CCSCC(NC)c1cc(F)ccc1OC. The van der Waals surface area contributed by atoms with E-state index in [-0.39, 0.29) is 11.9 Å². The molecule has 16 heavy (non-hydrogen) atoms. The first-order valence-corrected chi connectivity index (χ1v) is 6.46. The Morgan fingerprint density at radius 1 is 1.50 bits per heavy atom. The lowest BCUT2D eigenvalue weighted by atomic mass is 10.1. The molecule has 1 aromatic rings. The Labute approximate surface area is 101 Å². The van der Waals surface area contributed by atoms with Crippen LogP contribution in [0.3, 0.4) is 0 Å². The van der Waals surface area contributed by atoms with Crippen molar-refractivity contribution in [2.24, 2.45) is 0 Å². The summed E-state index contributed by atoms with van der Waals surface area (Å²) in [6.07, 6.45) is 0. The van der Waals surface area contributed by atoms with Gasteiger partial charge in [0.05, 0.1) is 7.11 Å². The van der Waals surface area contributed by atoms with Crippen LogP contribution in [-0.4, -0.2) is 25.7 Å². The van der Waals surface area contributed by atoms with E-state index in [0.717, 1.165) is 22.8 Å². The Morgan fingerprint density at radius 3 is 2.81 bits per heavy atom. The van der Waals surface area contributed by atoms with Gasteiger partial charge in [-0.05, 0) is 31.0 Å². The fraction of sp³-hybridized carbons (Fsp3) is 0.500. The van der Waals surface area contributed by atoms with Crippen LogP contribution in [0.15, 0.2) is 18.2 Å². The van der Waals surface area contributed by atoms with Crippen molar-refractivity contribution in [3.8, 4) is 5.75 Å². The molecule has 2 nitrogen and oxygen atoms in total. The molecule has 1 aromatic carbocycles. The van der Waals surface area contributed by atoms with E-state index in [4.69, 9.17) is 4.74 Å². The van der Waals surface area contributed by atoms with Gasteiger partial charge in [0.1, 0.15) is 11.6 Å². The van der Waals surface area contributed by atoms with Crippen molar-refractivity contribution >= 4 is 11.8 Å². The maximum atomic E-state index is 13.2. The van der Waals surface area contributed by atoms with Crippen molar-refractivity contribution in [3.63, 3.8) is 0 Å². The number of methoxy groups -OCH3 is 1. The summed E-state index contributed by atoms with van der Waals surface area (Å²) in [6.45, 7) is 2.11. The molecule has 4 heteroatoms. The third-order valence-electron chi connectivity index (χ3n) is 2.40. The molecule has 0 aliphatic heterocycles. The summed E-state index contributed by atoms with van der Waals surface area (Å²) < 4.78 is 18.5. The molecule has 0 aliphatic carbocycles. The molecule has 1 N–H and O–H groups in total. The Morgan fingerprint density at radius 2 is 2.25 bits per heavy atom. The van der Waals surface area contributed by atoms with Gasteiger partial charge in [-0.15, -0.1) is 0 Å². The van der Waals surface area contributed by atoms with E-state index in [0.29, 0.717) is 0 Å². The summed E-state index contributed by atoms with van der Waals surface area (Å²) in [5.41, 5.74) is 0.881. The molecule has 0 fully saturated rings. The first-order chi connectivity index (χ1) is 7.72. The van der Waals surface area contributed by atoms with E-state index in [9.17, 15) is 4.39 Å². The molecule has 0 aromatic heterocycles. The second-order valence-corrected chi connectivity index (χ2v) is 4.71. The molecule has 0 saturated heterocycles. The highest BCUT2D eigenvalue weighted by Crippen LogP contribution is 2.28. The molecule has 0 heterocycles. The number of hydrogen-bond donors (Lipinski definition) is 1. The van der Waals surface area contributed by atoms with Crippen LogP contribution in [0.4, 0.5) is 4.39 Å². The van der Waals surface area contributed by atoms with E-state index in [2.05, 4.69) is 12.2 Å². The summed E-state index contributed by atoms with van der Waals surface area (Å²) in [7, 11) is 3.49. The highest BCUT2D eigenvalue weighted by molar-refractivity contribution is 7.99. The minimum Gasteiger partial charge on any atom is -0.496 e. The molecule has 90 valence electrons. The minimum absolute atomic E-state index is 0.121. The van der Waals surface area contributed by atoms with Crippen LogP contribution in [0.1, 0.15) is 18.5 Å². The molecule has 0 spiro atoms. The summed E-state index contributed by atoms with van der Waals surface area (Å²) in [5, 5.41) is 3.19. The molecule has 0 radical (unpaired) electrons. The average Bonchev–Trinajstić information content (AvgIpc) is 2.30. The predicted molar refractivity (Wildman–Crippen MR) is 67.8 cm³/mol. The van der Waals surface area contributed by atoms with Crippen LogP contribution in [0.5, 0.6) is 5.75 Å². The molecule has 1 rings (SSSR count). The average molecular weight is 243 g/mol. The van der Waals surface area contributed by atoms with Gasteiger partial charge >= 0.3 is 0 Å². The fourth-order valence-corrected chi connectivity index (χ4v) is 2.36. The lowest BCUT2D eigenvalue weighted by Crippen LogP contribution is -2.19. The third kappa shape index (κ3) is 3.39. The van der Waals surface area contributed by atoms with Gasteiger partial charge in [-0.2, -0.15) is 11.8 Å². The van der Waals surface area contributed by atoms with Gasteiger partial charge in [-0.25, -0.2) is 4.39 Å². The van der Waals surface area contributed by atoms with Crippen LogP contribution < -0.4 is 10.1 Å². The molecule has 0 saturated carbocycles. The summed E-state index contributed by atoms with van der Waals surface area (Å²) in [6, 6.07) is 4.75. The molecule has 0 aliphatic rings. The second-order valence-electron chi connectivity index (χ2n) is 3.39. The molecule has 0 bridgehead atoms. The van der Waals surface area contributed by atoms with Crippen molar-refractivity contribution in [2.75, 3.05) is 25.7 Å². The number of ether oxygens (including phenoxy) is 1. The summed E-state index contributed by atoms with van der Waals surface area (Å²) in [4.78, 5) is 0. The zero-order chi connectivity index (χ0) is 12.0. The zero-order valence-electron chi connectivity index (χ0n) is 9.92. The van der Waals surface area contributed by atoms with E-state index in [1.807, 2.05) is 18.8 Å². The van der Waals surface area contributed by atoms with Gasteiger partial charge in [0, 0.05) is 17.4 Å². The van der Waals surface area contributed by atoms with Crippen LogP contribution in [0.2, 0.25) is 0 Å². The van der Waals surface area contributed by atoms with E-state index < -0.39 is 0 Å². The lowest BCUT2D eigenvalue weighted by Gasteiger charge is -2.18. The normalized spacial score (nSPS) is 12.5. The van der Waals surface area contributed by atoms with Gasteiger partial charge in [0.15, 0.2) is 0 Å². The van der Waals surface area contributed by atoms with Gasteiger partial charge in [-0.1, -0.05) is 6.92 Å². The Kier molecular flexibility index (Phi) is 5.63. The van der Waals surface area contributed by atoms with Crippen molar-refractivity contribution in [3.05, 3.63) is 29.6 Å². The minimum atomic E-state index is -0.224. The standard InChI is InChI=1S/C12H18FNOS/c1-4-16-8-11(14-2)10-7-9(13)5-6-12(10)15-3/h5-7,11,14H,4,8H2,1-3H3. The Bertz CT molecular complexity index is 333. The topological polar surface area (TPSA) is 21.3 Å². The molecular weight excluding hydrogens is 225 g/mol. The predicted octanol–water partition coefficient (Wildman–Crippen LogP) is 2.85. The zero-order valence-corrected chi connectivity index (χ0v) is 10.7. The summed E-state index contributed by atoms with van der Waals surface area (Å²) in [5.74, 6) is 2.47. The first-order valence-electron chi connectivity index (χ1n) is 5.31. The van der Waals surface area contributed by atoms with E-state index in [1.54, 1.807) is 13.2 Å². The molecule has 0 amide bonds. The van der Waals surface area contributed by atoms with Crippen molar-refractivity contribution in [1.29, 1.82) is 0 Å². The van der Waals surface area contributed by atoms with Gasteiger partial charge in [0.25, 0.3) is 0 Å². The van der Waals surface area contributed by atoms with Crippen molar-refractivity contribution in [1.82, 2.24) is 5.32 Å². The largest absolute Gasteiger partial charge is 0.496 e. The number of halogens is 1. The van der Waals surface area contributed by atoms with E-state index in [1.165, 1.54) is 12.1 Å². The lowest BCUT2D eigenvalue weighted by molar-refractivity contribution is 0.402. The maximum Gasteiger partial charge on any atom is 0.123 e. The Hall–Kier alpha value is -0.740. The number of hydrogen-bond acceptors (Lipinski definition) is 3. The number of nitrogens with one attached hydrogen (secondary N) is 1. The second kappa shape index (κ2) is 6.76.